The van der Waals surface area contributed by atoms with Crippen LogP contribution in [-0.4, -0.2) is 34.5 Å². The minimum Gasteiger partial charge on any atom is -0.371 e. The first-order valence-electron chi connectivity index (χ1n) is 8.66. The van der Waals surface area contributed by atoms with E-state index in [-0.39, 0.29) is 11.0 Å². The van der Waals surface area contributed by atoms with E-state index in [0.29, 0.717) is 18.7 Å². The predicted octanol–water partition coefficient (Wildman–Crippen LogP) is 4.61. The minimum absolute atomic E-state index is 0.239. The van der Waals surface area contributed by atoms with Crippen molar-refractivity contribution in [3.05, 3.63) is 35.9 Å². The van der Waals surface area contributed by atoms with Gasteiger partial charge in [0.05, 0.1) is 23.6 Å². The van der Waals surface area contributed by atoms with Gasteiger partial charge in [0.1, 0.15) is 0 Å². The number of rotatable bonds is 5. The second-order valence-corrected chi connectivity index (χ2v) is 8.31. The van der Waals surface area contributed by atoms with Crippen molar-refractivity contribution in [2.24, 2.45) is 0 Å². The molecule has 0 N–H and O–H groups in total. The summed E-state index contributed by atoms with van der Waals surface area (Å²) in [5, 5.41) is 0. The summed E-state index contributed by atoms with van der Waals surface area (Å²) in [5.74, 6) is 0. The first-order chi connectivity index (χ1) is 10.6. The summed E-state index contributed by atoms with van der Waals surface area (Å²) < 4.78 is 6.20. The first-order valence-corrected chi connectivity index (χ1v) is 9.03. The molecule has 1 aliphatic carbocycles. The Morgan fingerprint density at radius 3 is 2.45 bits per heavy atom. The molecule has 122 valence electrons. The van der Waals surface area contributed by atoms with Gasteiger partial charge in [0, 0.05) is 12.6 Å². The van der Waals surface area contributed by atoms with Gasteiger partial charge < -0.3 is 4.74 Å². The van der Waals surface area contributed by atoms with Gasteiger partial charge in [0.25, 0.3) is 0 Å². The van der Waals surface area contributed by atoms with Crippen LogP contribution in [-0.2, 0) is 11.3 Å². The normalized spacial score (nSPS) is 27.6. The SMILES string of the molecule is CC(C)(Cl)[C@@H]1[C@H](OCc2ccccc2)CN1C1CCCCC1. The molecule has 1 aliphatic heterocycles. The molecule has 1 aromatic rings. The maximum absolute atomic E-state index is 6.70. The van der Waals surface area contributed by atoms with Crippen LogP contribution in [0.2, 0.25) is 0 Å². The van der Waals surface area contributed by atoms with E-state index in [1.165, 1.54) is 37.7 Å². The third-order valence-electron chi connectivity index (χ3n) is 5.15. The van der Waals surface area contributed by atoms with Gasteiger partial charge in [-0.2, -0.15) is 0 Å². The van der Waals surface area contributed by atoms with Crippen molar-refractivity contribution in [1.29, 1.82) is 0 Å². The highest BCUT2D eigenvalue weighted by Crippen LogP contribution is 2.39. The molecule has 1 aromatic carbocycles. The Morgan fingerprint density at radius 1 is 1.14 bits per heavy atom. The van der Waals surface area contributed by atoms with Crippen molar-refractivity contribution < 1.29 is 4.74 Å². The molecule has 1 heterocycles. The average molecular weight is 322 g/mol. The predicted molar refractivity (Wildman–Crippen MR) is 92.3 cm³/mol. The zero-order valence-corrected chi connectivity index (χ0v) is 14.6. The van der Waals surface area contributed by atoms with Crippen molar-refractivity contribution in [2.75, 3.05) is 6.54 Å². The Bertz CT molecular complexity index is 464. The molecule has 22 heavy (non-hydrogen) atoms. The number of nitrogens with zero attached hydrogens (tertiary/aromatic N) is 1. The van der Waals surface area contributed by atoms with Crippen molar-refractivity contribution in [3.63, 3.8) is 0 Å². The molecule has 0 radical (unpaired) electrons. The van der Waals surface area contributed by atoms with Crippen molar-refractivity contribution >= 4 is 11.6 Å². The van der Waals surface area contributed by atoms with E-state index in [1.54, 1.807) is 0 Å². The second kappa shape index (κ2) is 6.90. The number of benzene rings is 1. The standard InChI is InChI=1S/C19H28ClNO/c1-19(2,20)18-17(22-14-15-9-5-3-6-10-15)13-21(18)16-11-7-4-8-12-16/h3,5-6,9-10,16-18H,4,7-8,11-14H2,1-2H3/t17-,18+/m1/s1. The highest BCUT2D eigenvalue weighted by atomic mass is 35.5. The van der Waals surface area contributed by atoms with Crippen LogP contribution in [0.3, 0.4) is 0 Å². The quantitative estimate of drug-likeness (QED) is 0.734. The van der Waals surface area contributed by atoms with E-state index in [2.05, 4.69) is 43.0 Å². The maximum atomic E-state index is 6.70. The number of likely N-dealkylation sites (tertiary alicyclic amines) is 1. The van der Waals surface area contributed by atoms with E-state index < -0.39 is 0 Å². The van der Waals surface area contributed by atoms with Gasteiger partial charge >= 0.3 is 0 Å². The lowest BCUT2D eigenvalue weighted by Crippen LogP contribution is -2.70. The molecule has 0 aromatic heterocycles. The van der Waals surface area contributed by atoms with E-state index in [4.69, 9.17) is 16.3 Å². The largest absolute Gasteiger partial charge is 0.371 e. The smallest absolute Gasteiger partial charge is 0.0878 e. The molecule has 3 heteroatoms. The van der Waals surface area contributed by atoms with Crippen LogP contribution in [0.15, 0.2) is 30.3 Å². The summed E-state index contributed by atoms with van der Waals surface area (Å²) in [5.41, 5.74) is 1.24. The Balaban J connectivity index is 1.60. The third-order valence-corrected chi connectivity index (χ3v) is 5.38. The van der Waals surface area contributed by atoms with Crippen LogP contribution >= 0.6 is 11.6 Å². The monoisotopic (exact) mass is 321 g/mol. The molecular formula is C19H28ClNO. The molecule has 2 aliphatic rings. The van der Waals surface area contributed by atoms with Gasteiger partial charge in [-0.1, -0.05) is 49.6 Å². The Morgan fingerprint density at radius 2 is 1.82 bits per heavy atom. The van der Waals surface area contributed by atoms with Crippen LogP contribution in [0.25, 0.3) is 0 Å². The molecule has 0 amide bonds. The zero-order valence-electron chi connectivity index (χ0n) is 13.8. The summed E-state index contributed by atoms with van der Waals surface area (Å²) in [7, 11) is 0. The fourth-order valence-electron chi connectivity index (χ4n) is 4.04. The lowest BCUT2D eigenvalue weighted by Gasteiger charge is -2.56. The summed E-state index contributed by atoms with van der Waals surface area (Å²) >= 11 is 6.70. The molecule has 1 saturated carbocycles. The molecule has 2 atom stereocenters. The van der Waals surface area contributed by atoms with Crippen LogP contribution in [0, 0.1) is 0 Å². The van der Waals surface area contributed by atoms with Gasteiger partial charge in [0.2, 0.25) is 0 Å². The highest BCUT2D eigenvalue weighted by molar-refractivity contribution is 6.24. The number of halogens is 1. The van der Waals surface area contributed by atoms with E-state index in [0.717, 1.165) is 6.54 Å². The molecule has 1 saturated heterocycles. The topological polar surface area (TPSA) is 12.5 Å². The van der Waals surface area contributed by atoms with Crippen molar-refractivity contribution in [1.82, 2.24) is 4.90 Å². The molecule has 0 spiro atoms. The Labute approximate surface area is 139 Å². The zero-order chi connectivity index (χ0) is 15.6. The number of alkyl halides is 1. The summed E-state index contributed by atoms with van der Waals surface area (Å²) in [4.78, 5) is 2.37. The van der Waals surface area contributed by atoms with Gasteiger partial charge in [-0.3, -0.25) is 4.90 Å². The molecule has 2 nitrogen and oxygen atoms in total. The van der Waals surface area contributed by atoms with Crippen molar-refractivity contribution in [2.45, 2.75) is 75.6 Å². The molecular weight excluding hydrogens is 294 g/mol. The van der Waals surface area contributed by atoms with Gasteiger partial charge in [-0.25, -0.2) is 0 Å². The lowest BCUT2D eigenvalue weighted by molar-refractivity contribution is -0.142. The molecule has 2 fully saturated rings. The summed E-state index contributed by atoms with van der Waals surface area (Å²) in [6, 6.07) is 11.5. The van der Waals surface area contributed by atoms with E-state index >= 15 is 0 Å². The van der Waals surface area contributed by atoms with E-state index in [9.17, 15) is 0 Å². The first kappa shape index (κ1) is 16.3. The van der Waals surface area contributed by atoms with Crippen molar-refractivity contribution in [3.8, 4) is 0 Å². The lowest BCUT2D eigenvalue weighted by atomic mass is 9.82. The second-order valence-electron chi connectivity index (χ2n) is 7.33. The molecule has 0 bridgehead atoms. The fourth-order valence-corrected chi connectivity index (χ4v) is 4.31. The molecule has 3 rings (SSSR count). The van der Waals surface area contributed by atoms with Crippen LogP contribution in [0.1, 0.15) is 51.5 Å². The Hall–Kier alpha value is -0.570. The molecule has 0 unspecified atom stereocenters. The van der Waals surface area contributed by atoms with E-state index in [1.807, 2.05) is 6.07 Å². The van der Waals surface area contributed by atoms with Gasteiger partial charge in [-0.05, 0) is 32.3 Å². The minimum atomic E-state index is -0.239. The maximum Gasteiger partial charge on any atom is 0.0878 e. The van der Waals surface area contributed by atoms with Crippen LogP contribution < -0.4 is 0 Å². The average Bonchev–Trinajstić information content (AvgIpc) is 2.46. The third kappa shape index (κ3) is 3.67. The number of hydrogen-bond donors (Lipinski definition) is 0. The van der Waals surface area contributed by atoms with Crippen LogP contribution in [0.4, 0.5) is 0 Å². The van der Waals surface area contributed by atoms with Gasteiger partial charge in [-0.15, -0.1) is 11.6 Å². The summed E-state index contributed by atoms with van der Waals surface area (Å²) in [6.45, 7) is 5.99. The Kier molecular flexibility index (Phi) is 5.11. The number of ether oxygens (including phenoxy) is 1. The van der Waals surface area contributed by atoms with Crippen LogP contribution in [0.5, 0.6) is 0 Å². The highest BCUT2D eigenvalue weighted by Gasteiger charge is 2.50. The number of hydrogen-bond acceptors (Lipinski definition) is 2. The van der Waals surface area contributed by atoms with Gasteiger partial charge in [0.15, 0.2) is 0 Å². The fraction of sp³-hybridized carbons (Fsp3) is 0.684. The summed E-state index contributed by atoms with van der Waals surface area (Å²) in [6.07, 6.45) is 7.05.